The number of carbonyl (C=O) groups excluding carboxylic acids is 1. The number of nitrogens with two attached hydrogens (primary N) is 1. The third-order valence-electron chi connectivity index (χ3n) is 4.44. The monoisotopic (exact) mass is 338 g/mol. The van der Waals surface area contributed by atoms with Crippen LogP contribution in [-0.2, 0) is 4.74 Å². The van der Waals surface area contributed by atoms with E-state index in [2.05, 4.69) is 0 Å². The molecule has 0 amide bonds. The Kier molecular flexibility index (Phi) is 5.26. The normalized spacial score (nSPS) is 17.4. The Labute approximate surface area is 147 Å². The second-order valence-electron chi connectivity index (χ2n) is 6.09. The van der Waals surface area contributed by atoms with E-state index in [1.165, 1.54) is 0 Å². The molecule has 0 spiro atoms. The van der Waals surface area contributed by atoms with Gasteiger partial charge in [-0.05, 0) is 17.7 Å². The van der Waals surface area contributed by atoms with Gasteiger partial charge in [-0.2, -0.15) is 0 Å². The van der Waals surface area contributed by atoms with Gasteiger partial charge in [-0.3, -0.25) is 4.79 Å². The molecule has 130 valence electrons. The minimum Gasteiger partial charge on any atom is -0.493 e. The molecule has 1 aliphatic carbocycles. The zero-order valence-corrected chi connectivity index (χ0v) is 14.2. The van der Waals surface area contributed by atoms with Crippen LogP contribution in [0, 0.1) is 11.3 Å². The lowest BCUT2D eigenvalue weighted by atomic mass is 9.89. The van der Waals surface area contributed by atoms with Crippen LogP contribution in [0.15, 0.2) is 48.5 Å². The number of nitrogens with one attached hydrogen (secondary N) is 1. The standard InChI is InChI=1S/C20H22N2O3/c1-24-10-5-11-25-14-7-4-6-13(12-14)18(21)17-19(22)15-8-2-3-9-16(15)20(17)23/h2-4,6-9,12,17-18,22H,5,10-11,21H2,1H3. The highest BCUT2D eigenvalue weighted by atomic mass is 16.5. The number of methoxy groups -OCH3 is 1. The Morgan fingerprint density at radius 2 is 1.88 bits per heavy atom. The molecule has 0 aromatic heterocycles. The molecule has 0 fully saturated rings. The second kappa shape index (κ2) is 7.59. The second-order valence-corrected chi connectivity index (χ2v) is 6.09. The van der Waals surface area contributed by atoms with E-state index in [0.29, 0.717) is 35.8 Å². The van der Waals surface area contributed by atoms with Gasteiger partial charge in [0.1, 0.15) is 5.75 Å². The Morgan fingerprint density at radius 1 is 1.12 bits per heavy atom. The van der Waals surface area contributed by atoms with Crippen LogP contribution in [0.5, 0.6) is 5.75 Å². The molecule has 5 nitrogen and oxygen atoms in total. The molecule has 2 atom stereocenters. The van der Waals surface area contributed by atoms with Crippen molar-refractivity contribution in [1.82, 2.24) is 0 Å². The summed E-state index contributed by atoms with van der Waals surface area (Å²) in [4.78, 5) is 12.7. The number of hydrogen-bond donors (Lipinski definition) is 2. The van der Waals surface area contributed by atoms with Crippen LogP contribution in [0.25, 0.3) is 0 Å². The van der Waals surface area contributed by atoms with Crippen molar-refractivity contribution in [2.45, 2.75) is 12.5 Å². The van der Waals surface area contributed by atoms with E-state index in [-0.39, 0.29) is 5.78 Å². The maximum Gasteiger partial charge on any atom is 0.174 e. The summed E-state index contributed by atoms with van der Waals surface area (Å²) >= 11 is 0. The minimum atomic E-state index is -0.652. The van der Waals surface area contributed by atoms with E-state index < -0.39 is 12.0 Å². The molecule has 3 N–H and O–H groups in total. The van der Waals surface area contributed by atoms with Crippen LogP contribution in [0.1, 0.15) is 33.9 Å². The van der Waals surface area contributed by atoms with Crippen molar-refractivity contribution in [1.29, 1.82) is 5.41 Å². The number of ketones is 1. The third-order valence-corrected chi connectivity index (χ3v) is 4.44. The summed E-state index contributed by atoms with van der Waals surface area (Å²) in [5.41, 5.74) is 8.72. The fourth-order valence-corrected chi connectivity index (χ4v) is 3.14. The van der Waals surface area contributed by atoms with Gasteiger partial charge in [-0.1, -0.05) is 36.4 Å². The molecule has 2 unspecified atom stereocenters. The molecule has 0 radical (unpaired) electrons. The van der Waals surface area contributed by atoms with Gasteiger partial charge in [-0.25, -0.2) is 0 Å². The summed E-state index contributed by atoms with van der Waals surface area (Å²) in [6, 6.07) is 14.1. The molecule has 2 aromatic carbocycles. The predicted octanol–water partition coefficient (Wildman–Crippen LogP) is 2.98. The number of ether oxygens (including phenoxy) is 2. The number of hydrogen-bond acceptors (Lipinski definition) is 5. The van der Waals surface area contributed by atoms with E-state index in [1.54, 1.807) is 19.2 Å². The fourth-order valence-electron chi connectivity index (χ4n) is 3.14. The molecule has 1 aliphatic rings. The van der Waals surface area contributed by atoms with Crippen LogP contribution >= 0.6 is 0 Å². The van der Waals surface area contributed by atoms with Crippen LogP contribution in [-0.4, -0.2) is 31.8 Å². The first-order chi connectivity index (χ1) is 12.1. The van der Waals surface area contributed by atoms with Gasteiger partial charge in [0, 0.05) is 37.3 Å². The minimum absolute atomic E-state index is 0.0838. The quantitative estimate of drug-likeness (QED) is 0.760. The molecule has 0 aliphatic heterocycles. The third kappa shape index (κ3) is 3.48. The van der Waals surface area contributed by atoms with Crippen LogP contribution < -0.4 is 10.5 Å². The lowest BCUT2D eigenvalue weighted by Crippen LogP contribution is -2.29. The maximum atomic E-state index is 12.7. The molecule has 0 saturated heterocycles. The highest BCUT2D eigenvalue weighted by Crippen LogP contribution is 2.34. The first-order valence-electron chi connectivity index (χ1n) is 8.33. The Balaban J connectivity index is 1.77. The average molecular weight is 338 g/mol. The lowest BCUT2D eigenvalue weighted by Gasteiger charge is -2.19. The average Bonchev–Trinajstić information content (AvgIpc) is 2.90. The number of carbonyl (C=O) groups is 1. The molecule has 25 heavy (non-hydrogen) atoms. The topological polar surface area (TPSA) is 85.4 Å². The van der Waals surface area contributed by atoms with Gasteiger partial charge in [0.25, 0.3) is 0 Å². The number of benzene rings is 2. The van der Waals surface area contributed by atoms with Crippen molar-refractivity contribution < 1.29 is 14.3 Å². The SMILES string of the molecule is COCCCOc1cccc(C(N)C2C(=N)c3ccccc3C2=O)c1. The molecular formula is C20H22N2O3. The Morgan fingerprint density at radius 3 is 2.60 bits per heavy atom. The van der Waals surface area contributed by atoms with Gasteiger partial charge in [0.2, 0.25) is 0 Å². The van der Waals surface area contributed by atoms with Crippen LogP contribution in [0.4, 0.5) is 0 Å². The maximum absolute atomic E-state index is 12.7. The zero-order valence-electron chi connectivity index (χ0n) is 14.2. The number of fused-ring (bicyclic) bond motifs is 1. The first kappa shape index (κ1) is 17.3. The summed E-state index contributed by atoms with van der Waals surface area (Å²) in [5, 5.41) is 8.36. The lowest BCUT2D eigenvalue weighted by molar-refractivity contribution is 0.0949. The van der Waals surface area contributed by atoms with E-state index >= 15 is 0 Å². The fraction of sp³-hybridized carbons (Fsp3) is 0.300. The van der Waals surface area contributed by atoms with Crippen LogP contribution in [0.3, 0.4) is 0 Å². The molecule has 3 rings (SSSR count). The molecule has 0 bridgehead atoms. The Bertz CT molecular complexity index is 753. The van der Waals surface area contributed by atoms with Crippen LogP contribution in [0.2, 0.25) is 0 Å². The van der Waals surface area contributed by atoms with Gasteiger partial charge < -0.3 is 20.6 Å². The summed E-state index contributed by atoms with van der Waals surface area (Å²) in [7, 11) is 1.66. The highest BCUT2D eigenvalue weighted by molar-refractivity contribution is 6.27. The van der Waals surface area contributed by atoms with Crippen molar-refractivity contribution in [3.8, 4) is 5.75 Å². The van der Waals surface area contributed by atoms with Gasteiger partial charge in [0.15, 0.2) is 5.78 Å². The molecule has 0 heterocycles. The smallest absolute Gasteiger partial charge is 0.174 e. The number of Topliss-reactive ketones (excluding diaryl/α,β-unsaturated/α-hetero) is 1. The van der Waals surface area contributed by atoms with Gasteiger partial charge in [-0.15, -0.1) is 0 Å². The summed E-state index contributed by atoms with van der Waals surface area (Å²) in [5.74, 6) is -0.0285. The van der Waals surface area contributed by atoms with E-state index in [4.69, 9.17) is 20.6 Å². The predicted molar refractivity (Wildman–Crippen MR) is 96.4 cm³/mol. The van der Waals surface area contributed by atoms with E-state index in [9.17, 15) is 4.79 Å². The zero-order chi connectivity index (χ0) is 17.8. The molecular weight excluding hydrogens is 316 g/mol. The number of rotatable bonds is 7. The molecule has 2 aromatic rings. The van der Waals surface area contributed by atoms with E-state index in [1.807, 2.05) is 36.4 Å². The van der Waals surface area contributed by atoms with Gasteiger partial charge >= 0.3 is 0 Å². The largest absolute Gasteiger partial charge is 0.493 e. The molecule has 5 heteroatoms. The van der Waals surface area contributed by atoms with Crippen molar-refractivity contribution in [2.24, 2.45) is 11.7 Å². The Hall–Kier alpha value is -2.50. The van der Waals surface area contributed by atoms with Crippen molar-refractivity contribution in [3.05, 3.63) is 65.2 Å². The summed E-state index contributed by atoms with van der Waals surface area (Å²) in [6.45, 7) is 1.20. The summed E-state index contributed by atoms with van der Waals surface area (Å²) in [6.07, 6.45) is 0.799. The van der Waals surface area contributed by atoms with Gasteiger partial charge in [0.05, 0.1) is 18.2 Å². The van der Waals surface area contributed by atoms with Crippen molar-refractivity contribution in [3.63, 3.8) is 0 Å². The first-order valence-corrected chi connectivity index (χ1v) is 8.33. The molecule has 0 saturated carbocycles. The van der Waals surface area contributed by atoms with Crippen molar-refractivity contribution in [2.75, 3.05) is 20.3 Å². The van der Waals surface area contributed by atoms with Crippen molar-refractivity contribution >= 4 is 11.5 Å². The summed E-state index contributed by atoms with van der Waals surface area (Å²) < 4.78 is 10.7. The van der Waals surface area contributed by atoms with E-state index in [0.717, 1.165) is 12.0 Å². The highest BCUT2D eigenvalue weighted by Gasteiger charge is 2.39.